The summed E-state index contributed by atoms with van der Waals surface area (Å²) in [5.41, 5.74) is 8.00. The number of fused-ring (bicyclic) bond motifs is 1. The van der Waals surface area contributed by atoms with Crippen LogP contribution in [-0.4, -0.2) is 28.4 Å². The second-order valence-electron chi connectivity index (χ2n) is 4.52. The normalized spacial score (nSPS) is 15.2. The number of halogens is 1. The van der Waals surface area contributed by atoms with Crippen LogP contribution in [0.4, 0.5) is 0 Å². The van der Waals surface area contributed by atoms with E-state index in [2.05, 4.69) is 23.7 Å². The number of nitrogens with two attached hydrogens (primary N) is 1. The first-order valence-corrected chi connectivity index (χ1v) is 5.59. The van der Waals surface area contributed by atoms with Gasteiger partial charge in [0.15, 0.2) is 0 Å². The molecule has 0 atom stereocenters. The minimum Gasteiger partial charge on any atom is -0.364 e. The molecule has 1 aromatic rings. The second kappa shape index (κ2) is 5.47. The van der Waals surface area contributed by atoms with E-state index in [-0.39, 0.29) is 12.4 Å². The van der Waals surface area contributed by atoms with E-state index in [4.69, 9.17) is 5.73 Å². The number of hydrogen-bond acceptors (Lipinski definition) is 3. The highest BCUT2D eigenvalue weighted by Gasteiger charge is 2.19. The molecule has 0 radical (unpaired) electrons. The Balaban J connectivity index is 0.00000144. The minimum absolute atomic E-state index is 0. The van der Waals surface area contributed by atoms with Crippen molar-refractivity contribution in [1.82, 2.24) is 9.88 Å². The van der Waals surface area contributed by atoms with Crippen LogP contribution in [0.2, 0.25) is 0 Å². The van der Waals surface area contributed by atoms with Gasteiger partial charge < -0.3 is 5.73 Å². The molecule has 0 fully saturated rings. The predicted octanol–water partition coefficient (Wildman–Crippen LogP) is 1.37. The Morgan fingerprint density at radius 1 is 1.47 bits per heavy atom. The zero-order valence-corrected chi connectivity index (χ0v) is 11.0. The van der Waals surface area contributed by atoms with Crippen LogP contribution < -0.4 is 5.73 Å². The van der Waals surface area contributed by atoms with Crippen molar-refractivity contribution >= 4 is 18.3 Å². The van der Waals surface area contributed by atoms with Gasteiger partial charge in [0.2, 0.25) is 0 Å². The zero-order chi connectivity index (χ0) is 11.7. The third kappa shape index (κ3) is 2.96. The Morgan fingerprint density at radius 3 is 2.76 bits per heavy atom. The molecule has 2 rings (SSSR count). The molecule has 1 aliphatic heterocycles. The fourth-order valence-corrected chi connectivity index (χ4v) is 2.04. The van der Waals surface area contributed by atoms with Gasteiger partial charge in [-0.1, -0.05) is 0 Å². The molecular formula is C12H18ClN3O. The van der Waals surface area contributed by atoms with E-state index in [1.165, 1.54) is 11.1 Å². The van der Waals surface area contributed by atoms with Crippen LogP contribution in [0.5, 0.6) is 0 Å². The molecule has 0 aliphatic carbocycles. The number of pyridine rings is 1. The van der Waals surface area contributed by atoms with Crippen molar-refractivity contribution in [3.05, 3.63) is 29.1 Å². The van der Waals surface area contributed by atoms with E-state index in [1.54, 1.807) is 6.20 Å². The molecule has 0 bridgehead atoms. The molecular weight excluding hydrogens is 238 g/mol. The van der Waals surface area contributed by atoms with Crippen LogP contribution in [0.3, 0.4) is 0 Å². The first-order valence-electron chi connectivity index (χ1n) is 5.59. The summed E-state index contributed by atoms with van der Waals surface area (Å²) in [5, 5.41) is 0. The third-order valence-electron chi connectivity index (χ3n) is 3.11. The molecule has 1 aliphatic rings. The monoisotopic (exact) mass is 255 g/mol. The van der Waals surface area contributed by atoms with Crippen LogP contribution in [0, 0.1) is 0 Å². The van der Waals surface area contributed by atoms with Crippen molar-refractivity contribution in [1.29, 1.82) is 0 Å². The first-order chi connectivity index (χ1) is 7.58. The van der Waals surface area contributed by atoms with Crippen LogP contribution in [0.25, 0.3) is 0 Å². The van der Waals surface area contributed by atoms with E-state index in [0.29, 0.717) is 11.7 Å². The number of amides is 1. The maximum absolute atomic E-state index is 11.0. The predicted molar refractivity (Wildman–Crippen MR) is 69.3 cm³/mol. The summed E-state index contributed by atoms with van der Waals surface area (Å²) < 4.78 is 0. The summed E-state index contributed by atoms with van der Waals surface area (Å²) in [6.07, 6.45) is 2.75. The summed E-state index contributed by atoms with van der Waals surface area (Å²) in [6, 6.07) is 2.37. The van der Waals surface area contributed by atoms with E-state index in [9.17, 15) is 4.79 Å². The Labute approximate surface area is 108 Å². The second-order valence-corrected chi connectivity index (χ2v) is 4.52. The molecule has 2 heterocycles. The molecule has 1 amide bonds. The van der Waals surface area contributed by atoms with Gasteiger partial charge in [0.25, 0.3) is 5.91 Å². The summed E-state index contributed by atoms with van der Waals surface area (Å²) in [7, 11) is 0. The molecule has 0 unspecified atom stereocenters. The summed E-state index contributed by atoms with van der Waals surface area (Å²) >= 11 is 0. The van der Waals surface area contributed by atoms with Gasteiger partial charge in [0.05, 0.1) is 0 Å². The van der Waals surface area contributed by atoms with Crippen molar-refractivity contribution in [3.63, 3.8) is 0 Å². The Hall–Kier alpha value is -1.13. The SMILES string of the molecule is CC(C)N1CCc2cc(C(N)=O)ncc2C1.Cl. The standard InChI is InChI=1S/C12H17N3O.ClH/c1-8(2)15-4-3-9-5-11(12(13)16)14-6-10(9)7-15;/h5-6,8H,3-4,7H2,1-2H3,(H2,13,16);1H. The fraction of sp³-hybridized carbons (Fsp3) is 0.500. The van der Waals surface area contributed by atoms with Crippen molar-refractivity contribution < 1.29 is 4.79 Å². The summed E-state index contributed by atoms with van der Waals surface area (Å²) in [5.74, 6) is -0.450. The maximum Gasteiger partial charge on any atom is 0.267 e. The molecule has 0 aromatic carbocycles. The van der Waals surface area contributed by atoms with Gasteiger partial charge in [0, 0.05) is 25.3 Å². The van der Waals surface area contributed by atoms with Crippen LogP contribution in [0.15, 0.2) is 12.3 Å². The Kier molecular flexibility index (Phi) is 4.48. The molecule has 5 heteroatoms. The minimum atomic E-state index is -0.450. The van der Waals surface area contributed by atoms with Crippen molar-refractivity contribution in [2.75, 3.05) is 6.54 Å². The number of primary amides is 1. The van der Waals surface area contributed by atoms with E-state index in [0.717, 1.165) is 19.5 Å². The number of carbonyl (C=O) groups is 1. The molecule has 0 saturated heterocycles. The first kappa shape index (κ1) is 13.9. The number of aromatic nitrogens is 1. The number of carbonyl (C=O) groups excluding carboxylic acids is 1. The van der Waals surface area contributed by atoms with E-state index < -0.39 is 5.91 Å². The van der Waals surface area contributed by atoms with Crippen molar-refractivity contribution in [2.24, 2.45) is 5.73 Å². The quantitative estimate of drug-likeness (QED) is 0.868. The lowest BCUT2D eigenvalue weighted by atomic mass is 10.00. The number of hydrogen-bond donors (Lipinski definition) is 1. The Bertz CT molecular complexity index is 420. The van der Waals surface area contributed by atoms with Crippen molar-refractivity contribution in [2.45, 2.75) is 32.9 Å². The van der Waals surface area contributed by atoms with Crippen LogP contribution >= 0.6 is 12.4 Å². The van der Waals surface area contributed by atoms with Gasteiger partial charge in [-0.05, 0) is 37.5 Å². The van der Waals surface area contributed by atoms with E-state index >= 15 is 0 Å². The third-order valence-corrected chi connectivity index (χ3v) is 3.11. The topological polar surface area (TPSA) is 59.2 Å². The highest BCUT2D eigenvalue weighted by Crippen LogP contribution is 2.20. The lowest BCUT2D eigenvalue weighted by Crippen LogP contribution is -2.36. The maximum atomic E-state index is 11.0. The molecule has 0 saturated carbocycles. The van der Waals surface area contributed by atoms with Gasteiger partial charge in [-0.15, -0.1) is 12.4 Å². The summed E-state index contributed by atoms with van der Waals surface area (Å²) in [6.45, 7) is 6.33. The van der Waals surface area contributed by atoms with Crippen molar-refractivity contribution in [3.8, 4) is 0 Å². The smallest absolute Gasteiger partial charge is 0.267 e. The van der Waals surface area contributed by atoms with Crippen LogP contribution in [0.1, 0.15) is 35.5 Å². The molecule has 4 nitrogen and oxygen atoms in total. The lowest BCUT2D eigenvalue weighted by Gasteiger charge is -2.31. The number of rotatable bonds is 2. The highest BCUT2D eigenvalue weighted by atomic mass is 35.5. The van der Waals surface area contributed by atoms with Gasteiger partial charge in [-0.25, -0.2) is 0 Å². The molecule has 94 valence electrons. The molecule has 1 aromatic heterocycles. The van der Waals surface area contributed by atoms with E-state index in [1.807, 2.05) is 6.07 Å². The molecule has 2 N–H and O–H groups in total. The average molecular weight is 256 g/mol. The average Bonchev–Trinajstić information content (AvgIpc) is 2.27. The van der Waals surface area contributed by atoms with Crippen LogP contribution in [-0.2, 0) is 13.0 Å². The Morgan fingerprint density at radius 2 is 2.18 bits per heavy atom. The fourth-order valence-electron chi connectivity index (χ4n) is 2.04. The summed E-state index contributed by atoms with van der Waals surface area (Å²) in [4.78, 5) is 17.5. The number of nitrogens with zero attached hydrogens (tertiary/aromatic N) is 2. The zero-order valence-electron chi connectivity index (χ0n) is 10.1. The van der Waals surface area contributed by atoms with Gasteiger partial charge in [0.1, 0.15) is 5.69 Å². The molecule has 17 heavy (non-hydrogen) atoms. The lowest BCUT2D eigenvalue weighted by molar-refractivity contribution is 0.0995. The largest absolute Gasteiger partial charge is 0.364 e. The van der Waals surface area contributed by atoms with Gasteiger partial charge >= 0.3 is 0 Å². The highest BCUT2D eigenvalue weighted by molar-refractivity contribution is 5.90. The molecule has 0 spiro atoms. The van der Waals surface area contributed by atoms with Gasteiger partial charge in [-0.3, -0.25) is 14.7 Å². The van der Waals surface area contributed by atoms with Gasteiger partial charge in [-0.2, -0.15) is 0 Å².